The van der Waals surface area contributed by atoms with Crippen molar-refractivity contribution in [1.29, 1.82) is 0 Å². The van der Waals surface area contributed by atoms with Crippen LogP contribution in [0.5, 0.6) is 23.0 Å². The molecule has 2 aromatic rings. The largest absolute Gasteiger partial charge is 0.456 e. The first-order chi connectivity index (χ1) is 17.3. The number of esters is 3. The average Bonchev–Trinajstić information content (AvgIpc) is 2.82. The number of carbonyl (C=O) groups excluding carboxylic acids is 4. The Morgan fingerprint density at radius 3 is 1.67 bits per heavy atom. The van der Waals surface area contributed by atoms with E-state index >= 15 is 0 Å². The summed E-state index contributed by atoms with van der Waals surface area (Å²) in [6.07, 6.45) is 4.47. The van der Waals surface area contributed by atoms with Crippen molar-refractivity contribution >= 4 is 30.0 Å². The molecule has 0 radical (unpaired) electrons. The molecule has 0 amide bonds. The molecular weight excluding hydrogens is 464 g/mol. The molecule has 0 saturated heterocycles. The Balaban J connectivity index is 2.38. The number of rotatable bonds is 13. The summed E-state index contributed by atoms with van der Waals surface area (Å²) in [7, 11) is 0. The Bertz CT molecular complexity index is 1100. The topological polar surface area (TPSA) is 105 Å². The number of allylic oxidation sites excluding steroid dienone is 1. The minimum Gasteiger partial charge on any atom is -0.456 e. The molecule has 2 rings (SSSR count). The lowest BCUT2D eigenvalue weighted by Gasteiger charge is -2.17. The van der Waals surface area contributed by atoms with Gasteiger partial charge in [0.15, 0.2) is 0 Å². The maximum atomic E-state index is 12.1. The van der Waals surface area contributed by atoms with Crippen molar-refractivity contribution in [3.8, 4) is 23.0 Å². The van der Waals surface area contributed by atoms with Crippen LogP contribution in [-0.4, -0.2) is 24.2 Å². The van der Waals surface area contributed by atoms with E-state index in [9.17, 15) is 19.2 Å². The molecule has 0 aliphatic rings. The lowest BCUT2D eigenvalue weighted by molar-refractivity contribution is -0.135. The van der Waals surface area contributed by atoms with Crippen molar-refractivity contribution in [2.45, 2.75) is 66.2 Å². The summed E-state index contributed by atoms with van der Waals surface area (Å²) in [5.74, 6) is -0.0551. The molecule has 192 valence electrons. The van der Waals surface area contributed by atoms with Gasteiger partial charge in [0, 0.05) is 48.6 Å². The van der Waals surface area contributed by atoms with E-state index in [-0.39, 0.29) is 41.8 Å². The van der Waals surface area contributed by atoms with E-state index in [1.165, 1.54) is 18.2 Å². The van der Waals surface area contributed by atoms with Crippen molar-refractivity contribution in [2.75, 3.05) is 0 Å². The fraction of sp³-hybridized carbons (Fsp3) is 0.357. The van der Waals surface area contributed by atoms with Crippen LogP contribution in [0.25, 0.3) is 5.76 Å². The molecule has 0 heterocycles. The van der Waals surface area contributed by atoms with Gasteiger partial charge >= 0.3 is 17.9 Å². The standard InChI is InChI=1S/C28H32O8/c1-5-8-26(30)33-21-13-11-20(12-14-21)23(15-16-29)35-24-17-22(34-27(31)9-6-2)18-25(19(24)4)36-28(32)10-7-3/h11-18H,5-10H2,1-4H3/b23-15-. The van der Waals surface area contributed by atoms with Crippen LogP contribution in [0.1, 0.15) is 70.4 Å². The molecule has 0 N–H and O–H groups in total. The molecule has 0 bridgehead atoms. The molecule has 2 aromatic carbocycles. The Morgan fingerprint density at radius 1 is 0.694 bits per heavy atom. The number of hydrogen-bond acceptors (Lipinski definition) is 8. The summed E-state index contributed by atoms with van der Waals surface area (Å²) >= 11 is 0. The van der Waals surface area contributed by atoms with Crippen molar-refractivity contribution in [1.82, 2.24) is 0 Å². The van der Waals surface area contributed by atoms with Gasteiger partial charge in [-0.1, -0.05) is 20.8 Å². The Morgan fingerprint density at radius 2 is 1.17 bits per heavy atom. The smallest absolute Gasteiger partial charge is 0.311 e. The third-order valence-electron chi connectivity index (χ3n) is 4.91. The Labute approximate surface area is 211 Å². The molecule has 8 nitrogen and oxygen atoms in total. The zero-order valence-electron chi connectivity index (χ0n) is 21.1. The number of hydrogen-bond donors (Lipinski definition) is 0. The highest BCUT2D eigenvalue weighted by Crippen LogP contribution is 2.36. The van der Waals surface area contributed by atoms with E-state index in [1.54, 1.807) is 31.2 Å². The molecular formula is C28H32O8. The highest BCUT2D eigenvalue weighted by molar-refractivity contribution is 5.80. The van der Waals surface area contributed by atoms with Gasteiger partial charge in [-0.15, -0.1) is 0 Å². The second-order valence-electron chi connectivity index (χ2n) is 8.01. The molecule has 0 fully saturated rings. The maximum absolute atomic E-state index is 12.1. The van der Waals surface area contributed by atoms with Crippen molar-refractivity contribution in [3.05, 3.63) is 53.6 Å². The van der Waals surface area contributed by atoms with Crippen LogP contribution in [0.2, 0.25) is 0 Å². The molecule has 0 aromatic heterocycles. The van der Waals surface area contributed by atoms with E-state index in [0.717, 1.165) is 0 Å². The van der Waals surface area contributed by atoms with E-state index in [2.05, 4.69) is 0 Å². The molecule has 8 heteroatoms. The van der Waals surface area contributed by atoms with Gasteiger partial charge in [0.05, 0.1) is 0 Å². The number of benzene rings is 2. The minimum atomic E-state index is -0.435. The third-order valence-corrected chi connectivity index (χ3v) is 4.91. The van der Waals surface area contributed by atoms with Gasteiger partial charge in [-0.3, -0.25) is 19.2 Å². The van der Waals surface area contributed by atoms with Gasteiger partial charge in [0.1, 0.15) is 35.0 Å². The second-order valence-corrected chi connectivity index (χ2v) is 8.01. The molecule has 0 aliphatic heterocycles. The number of carbonyl (C=O) groups is 4. The van der Waals surface area contributed by atoms with E-state index in [1.807, 2.05) is 20.8 Å². The van der Waals surface area contributed by atoms with E-state index < -0.39 is 11.9 Å². The number of aldehydes is 1. The van der Waals surface area contributed by atoms with Crippen LogP contribution in [0, 0.1) is 6.92 Å². The maximum Gasteiger partial charge on any atom is 0.311 e. The summed E-state index contributed by atoms with van der Waals surface area (Å²) in [6, 6.07) is 9.45. The molecule has 0 spiro atoms. The first kappa shape index (κ1) is 28.3. The SMILES string of the molecule is CCCC(=O)Oc1ccc(/C(=C/C=O)Oc2cc(OC(=O)CCC)cc(OC(=O)CCC)c2C)cc1. The van der Waals surface area contributed by atoms with Crippen LogP contribution in [0.3, 0.4) is 0 Å². The quantitative estimate of drug-likeness (QED) is 0.114. The predicted molar refractivity (Wildman–Crippen MR) is 134 cm³/mol. The van der Waals surface area contributed by atoms with Crippen molar-refractivity contribution < 1.29 is 38.1 Å². The molecule has 0 aliphatic carbocycles. The predicted octanol–water partition coefficient (Wildman–Crippen LogP) is 5.73. The van der Waals surface area contributed by atoms with Crippen molar-refractivity contribution in [3.63, 3.8) is 0 Å². The Hall–Kier alpha value is -3.94. The Kier molecular flexibility index (Phi) is 11.4. The van der Waals surface area contributed by atoms with Crippen LogP contribution in [0.4, 0.5) is 0 Å². The van der Waals surface area contributed by atoms with Crippen LogP contribution in [-0.2, 0) is 19.2 Å². The van der Waals surface area contributed by atoms with Crippen LogP contribution in [0.15, 0.2) is 42.5 Å². The van der Waals surface area contributed by atoms with Gasteiger partial charge in [-0.25, -0.2) is 0 Å². The minimum absolute atomic E-state index is 0.150. The summed E-state index contributed by atoms with van der Waals surface area (Å²) in [5, 5.41) is 0. The van der Waals surface area contributed by atoms with E-state index in [0.29, 0.717) is 48.8 Å². The van der Waals surface area contributed by atoms with Gasteiger partial charge in [-0.05, 0) is 50.5 Å². The highest BCUT2D eigenvalue weighted by Gasteiger charge is 2.17. The first-order valence-corrected chi connectivity index (χ1v) is 12.0. The summed E-state index contributed by atoms with van der Waals surface area (Å²) in [6.45, 7) is 7.29. The van der Waals surface area contributed by atoms with Crippen molar-refractivity contribution in [2.24, 2.45) is 0 Å². The van der Waals surface area contributed by atoms with Crippen LogP contribution < -0.4 is 18.9 Å². The summed E-state index contributed by atoms with van der Waals surface area (Å²) < 4.78 is 22.2. The summed E-state index contributed by atoms with van der Waals surface area (Å²) in [5.41, 5.74) is 1.02. The molecule has 0 atom stereocenters. The van der Waals surface area contributed by atoms with Gasteiger partial charge < -0.3 is 18.9 Å². The number of ether oxygens (including phenoxy) is 4. The lowest BCUT2D eigenvalue weighted by atomic mass is 10.1. The second kappa shape index (κ2) is 14.5. The first-order valence-electron chi connectivity index (χ1n) is 12.0. The molecule has 0 unspecified atom stereocenters. The monoisotopic (exact) mass is 496 g/mol. The lowest BCUT2D eigenvalue weighted by Crippen LogP contribution is -2.11. The molecule has 0 saturated carbocycles. The van der Waals surface area contributed by atoms with Gasteiger partial charge in [0.2, 0.25) is 0 Å². The normalized spacial score (nSPS) is 10.9. The molecule has 36 heavy (non-hydrogen) atoms. The average molecular weight is 497 g/mol. The fourth-order valence-corrected chi connectivity index (χ4v) is 3.12. The zero-order chi connectivity index (χ0) is 26.5. The van der Waals surface area contributed by atoms with Crippen LogP contribution >= 0.6 is 0 Å². The van der Waals surface area contributed by atoms with E-state index in [4.69, 9.17) is 18.9 Å². The fourth-order valence-electron chi connectivity index (χ4n) is 3.12. The summed E-state index contributed by atoms with van der Waals surface area (Å²) in [4.78, 5) is 47.3. The zero-order valence-corrected chi connectivity index (χ0v) is 21.1. The third kappa shape index (κ3) is 8.69. The van der Waals surface area contributed by atoms with Gasteiger partial charge in [0.25, 0.3) is 0 Å². The highest BCUT2D eigenvalue weighted by atomic mass is 16.6. The van der Waals surface area contributed by atoms with Gasteiger partial charge in [-0.2, -0.15) is 0 Å².